The number of para-hydroxylation sites is 1. The summed E-state index contributed by atoms with van der Waals surface area (Å²) in [6.45, 7) is 8.65. The molecule has 194 valence electrons. The highest BCUT2D eigenvalue weighted by Crippen LogP contribution is 2.48. The first-order valence-electron chi connectivity index (χ1n) is 13.3. The fourth-order valence-electron chi connectivity index (χ4n) is 6.27. The molecule has 0 saturated carbocycles. The number of nitrogens with zero attached hydrogens (tertiary/aromatic N) is 2. The van der Waals surface area contributed by atoms with E-state index in [1.54, 1.807) is 0 Å². The first-order valence-corrected chi connectivity index (χ1v) is 13.3. The molecular formula is C32H39N3O2. The molecule has 37 heavy (non-hydrogen) atoms. The Kier molecular flexibility index (Phi) is 8.13. The van der Waals surface area contributed by atoms with Gasteiger partial charge in [-0.25, -0.2) is 0 Å². The van der Waals surface area contributed by atoms with Gasteiger partial charge in [-0.05, 0) is 36.1 Å². The molecule has 1 heterocycles. The highest BCUT2D eigenvalue weighted by atomic mass is 16.2. The number of hydrogen-bond donors (Lipinski definition) is 1. The van der Waals surface area contributed by atoms with Gasteiger partial charge in [0, 0.05) is 43.2 Å². The van der Waals surface area contributed by atoms with Crippen molar-refractivity contribution in [3.63, 3.8) is 0 Å². The normalized spacial score (nSPS) is 15.3. The number of rotatable bonds is 9. The second-order valence-corrected chi connectivity index (χ2v) is 10.7. The van der Waals surface area contributed by atoms with E-state index < -0.39 is 10.8 Å². The molecule has 0 aromatic heterocycles. The lowest BCUT2D eigenvalue weighted by Gasteiger charge is -2.49. The molecule has 1 aliphatic heterocycles. The number of hydrogen-bond acceptors (Lipinski definition) is 3. The summed E-state index contributed by atoms with van der Waals surface area (Å²) in [5.41, 5.74) is 7.62. The molecule has 3 aromatic rings. The third kappa shape index (κ3) is 5.19. The van der Waals surface area contributed by atoms with Gasteiger partial charge in [0.15, 0.2) is 0 Å². The third-order valence-corrected chi connectivity index (χ3v) is 7.95. The molecule has 1 aliphatic rings. The standard InChI is InChI=1S/C32H39N3O2/c1-4-29(36)35(27-18-12-7-13-19-27)28-20-22-34(23-21-28)24-31(2,3)32(30(33)37,25-14-8-5-9-15-25)26-16-10-6-11-17-26/h5-19,28H,4,20-24H2,1-3H3,(H2,33,37). The van der Waals surface area contributed by atoms with Crippen LogP contribution < -0.4 is 10.6 Å². The maximum absolute atomic E-state index is 13.5. The molecule has 0 bridgehead atoms. The Hall–Kier alpha value is -3.44. The second-order valence-electron chi connectivity index (χ2n) is 10.7. The molecule has 4 rings (SSSR count). The first kappa shape index (κ1) is 26.6. The molecule has 2 amide bonds. The summed E-state index contributed by atoms with van der Waals surface area (Å²) >= 11 is 0. The number of anilines is 1. The Morgan fingerprint density at radius 2 is 1.30 bits per heavy atom. The van der Waals surface area contributed by atoms with Crippen LogP contribution in [0.5, 0.6) is 0 Å². The molecule has 2 N–H and O–H groups in total. The maximum Gasteiger partial charge on any atom is 0.233 e. The van der Waals surface area contributed by atoms with Crippen LogP contribution in [0.4, 0.5) is 5.69 Å². The van der Waals surface area contributed by atoms with Gasteiger partial charge in [0.25, 0.3) is 0 Å². The van der Waals surface area contributed by atoms with Crippen LogP contribution in [0.1, 0.15) is 51.2 Å². The fraction of sp³-hybridized carbons (Fsp3) is 0.375. The van der Waals surface area contributed by atoms with E-state index in [0.717, 1.165) is 42.7 Å². The van der Waals surface area contributed by atoms with Crippen molar-refractivity contribution in [3.8, 4) is 0 Å². The number of benzene rings is 3. The van der Waals surface area contributed by atoms with E-state index in [2.05, 4.69) is 18.7 Å². The predicted molar refractivity (Wildman–Crippen MR) is 150 cm³/mol. The summed E-state index contributed by atoms with van der Waals surface area (Å²) in [7, 11) is 0. The summed E-state index contributed by atoms with van der Waals surface area (Å²) in [5.74, 6) is -0.181. The number of primary amides is 1. The van der Waals surface area contributed by atoms with E-state index in [1.165, 1.54) is 0 Å². The van der Waals surface area contributed by atoms with Gasteiger partial charge in [0.1, 0.15) is 5.41 Å². The zero-order valence-electron chi connectivity index (χ0n) is 22.3. The Morgan fingerprint density at radius 3 is 1.73 bits per heavy atom. The van der Waals surface area contributed by atoms with Crippen LogP contribution in [0, 0.1) is 5.41 Å². The average molecular weight is 498 g/mol. The van der Waals surface area contributed by atoms with Crippen LogP contribution in [0.2, 0.25) is 0 Å². The zero-order valence-corrected chi connectivity index (χ0v) is 22.3. The number of amides is 2. The van der Waals surface area contributed by atoms with Crippen molar-refractivity contribution in [2.75, 3.05) is 24.5 Å². The molecule has 0 atom stereocenters. The van der Waals surface area contributed by atoms with Gasteiger partial charge in [-0.2, -0.15) is 0 Å². The molecule has 1 saturated heterocycles. The van der Waals surface area contributed by atoms with E-state index in [1.807, 2.05) is 103 Å². The zero-order chi connectivity index (χ0) is 26.5. The maximum atomic E-state index is 13.5. The lowest BCUT2D eigenvalue weighted by atomic mass is 9.57. The van der Waals surface area contributed by atoms with Crippen molar-refractivity contribution in [1.29, 1.82) is 0 Å². The van der Waals surface area contributed by atoms with Gasteiger partial charge in [0.05, 0.1) is 0 Å². The van der Waals surface area contributed by atoms with Crippen LogP contribution in [0.3, 0.4) is 0 Å². The van der Waals surface area contributed by atoms with Gasteiger partial charge in [-0.3, -0.25) is 9.59 Å². The number of carbonyl (C=O) groups excluding carboxylic acids is 2. The SMILES string of the molecule is CCC(=O)N(c1ccccc1)C1CCN(CC(C)(C)C(C(N)=O)(c2ccccc2)c2ccccc2)CC1. The van der Waals surface area contributed by atoms with Crippen molar-refractivity contribution in [2.24, 2.45) is 11.1 Å². The van der Waals surface area contributed by atoms with Crippen molar-refractivity contribution in [1.82, 2.24) is 4.90 Å². The van der Waals surface area contributed by atoms with E-state index in [4.69, 9.17) is 5.73 Å². The van der Waals surface area contributed by atoms with Crippen molar-refractivity contribution < 1.29 is 9.59 Å². The minimum atomic E-state index is -0.985. The molecule has 0 aliphatic carbocycles. The van der Waals surface area contributed by atoms with E-state index in [0.29, 0.717) is 13.0 Å². The minimum Gasteiger partial charge on any atom is -0.369 e. The number of nitrogens with two attached hydrogens (primary N) is 1. The Morgan fingerprint density at radius 1 is 0.838 bits per heavy atom. The van der Waals surface area contributed by atoms with Gasteiger partial charge in [-0.15, -0.1) is 0 Å². The Balaban J connectivity index is 1.60. The largest absolute Gasteiger partial charge is 0.369 e. The van der Waals surface area contributed by atoms with E-state index in [-0.39, 0.29) is 17.9 Å². The summed E-state index contributed by atoms with van der Waals surface area (Å²) in [4.78, 5) is 30.8. The van der Waals surface area contributed by atoms with E-state index in [9.17, 15) is 9.59 Å². The van der Waals surface area contributed by atoms with Crippen molar-refractivity contribution >= 4 is 17.5 Å². The summed E-state index contributed by atoms with van der Waals surface area (Å²) in [6, 6.07) is 30.0. The van der Waals surface area contributed by atoms with Gasteiger partial charge in [0.2, 0.25) is 11.8 Å². The molecule has 5 nitrogen and oxygen atoms in total. The monoisotopic (exact) mass is 497 g/mol. The van der Waals surface area contributed by atoms with Crippen molar-refractivity contribution in [2.45, 2.75) is 51.5 Å². The predicted octanol–water partition coefficient (Wildman–Crippen LogP) is 5.39. The molecule has 5 heteroatoms. The molecule has 1 fully saturated rings. The summed E-state index contributed by atoms with van der Waals surface area (Å²) < 4.78 is 0. The van der Waals surface area contributed by atoms with Crippen LogP contribution >= 0.6 is 0 Å². The first-order chi connectivity index (χ1) is 17.8. The number of carbonyl (C=O) groups is 2. The quantitative estimate of drug-likeness (QED) is 0.431. The Labute approximate surface area is 221 Å². The molecule has 3 aromatic carbocycles. The third-order valence-electron chi connectivity index (χ3n) is 7.95. The van der Waals surface area contributed by atoms with Crippen LogP contribution in [0.25, 0.3) is 0 Å². The second kappa shape index (κ2) is 11.3. The lowest BCUT2D eigenvalue weighted by molar-refractivity contribution is -0.126. The number of piperidine rings is 1. The fourth-order valence-corrected chi connectivity index (χ4v) is 6.27. The Bertz CT molecular complexity index is 1130. The van der Waals surface area contributed by atoms with Gasteiger partial charge in [-0.1, -0.05) is 99.6 Å². The summed E-state index contributed by atoms with van der Waals surface area (Å²) in [6.07, 6.45) is 2.26. The van der Waals surface area contributed by atoms with E-state index >= 15 is 0 Å². The summed E-state index contributed by atoms with van der Waals surface area (Å²) in [5, 5.41) is 0. The highest BCUT2D eigenvalue weighted by Gasteiger charge is 2.53. The van der Waals surface area contributed by atoms with Gasteiger partial charge < -0.3 is 15.5 Å². The molecule has 0 spiro atoms. The van der Waals surface area contributed by atoms with Gasteiger partial charge >= 0.3 is 0 Å². The van der Waals surface area contributed by atoms with Crippen LogP contribution in [0.15, 0.2) is 91.0 Å². The minimum absolute atomic E-state index is 0.158. The molecular weight excluding hydrogens is 458 g/mol. The lowest BCUT2D eigenvalue weighted by Crippen LogP contribution is -2.58. The number of likely N-dealkylation sites (tertiary alicyclic amines) is 1. The average Bonchev–Trinajstić information content (AvgIpc) is 2.91. The molecule has 0 radical (unpaired) electrons. The van der Waals surface area contributed by atoms with Crippen LogP contribution in [-0.4, -0.2) is 42.4 Å². The topological polar surface area (TPSA) is 66.6 Å². The smallest absolute Gasteiger partial charge is 0.233 e. The van der Waals surface area contributed by atoms with Crippen molar-refractivity contribution in [3.05, 3.63) is 102 Å². The molecule has 0 unspecified atom stereocenters. The van der Waals surface area contributed by atoms with Crippen LogP contribution in [-0.2, 0) is 15.0 Å². The highest BCUT2D eigenvalue weighted by molar-refractivity contribution is 5.94.